The maximum Gasteiger partial charge on any atom is 0.435 e. The molecule has 4 heterocycles. The first-order chi connectivity index (χ1) is 16.4. The quantitative estimate of drug-likeness (QED) is 0.457. The van der Waals surface area contributed by atoms with E-state index in [1.807, 2.05) is 0 Å². The van der Waals surface area contributed by atoms with Gasteiger partial charge in [0.2, 0.25) is 5.91 Å². The summed E-state index contributed by atoms with van der Waals surface area (Å²) < 4.78 is 39.6. The summed E-state index contributed by atoms with van der Waals surface area (Å²) >= 11 is 5.81. The van der Waals surface area contributed by atoms with Crippen molar-refractivity contribution in [3.63, 3.8) is 0 Å². The summed E-state index contributed by atoms with van der Waals surface area (Å²) in [5.74, 6) is -1.17. The number of nitrogens with two attached hydrogens (primary N) is 2. The third-order valence-corrected chi connectivity index (χ3v) is 6.21. The zero-order valence-corrected chi connectivity index (χ0v) is 19.2. The lowest BCUT2D eigenvalue weighted by Crippen LogP contribution is -2.54. The monoisotopic (exact) mass is 514 g/mol. The Kier molecular flexibility index (Phi) is 6.21. The number of alkyl halides is 3. The molecule has 0 aliphatic carbocycles. The summed E-state index contributed by atoms with van der Waals surface area (Å²) in [5, 5.41) is 9.54. The van der Waals surface area contributed by atoms with Crippen molar-refractivity contribution in [2.45, 2.75) is 38.0 Å². The number of piperidine rings is 1. The Bertz CT molecular complexity index is 1200. The van der Waals surface area contributed by atoms with Crippen LogP contribution in [-0.4, -0.2) is 67.6 Å². The largest absolute Gasteiger partial charge is 0.435 e. The van der Waals surface area contributed by atoms with Crippen molar-refractivity contribution < 1.29 is 22.8 Å². The average Bonchev–Trinajstić information content (AvgIpc) is 3.34. The van der Waals surface area contributed by atoms with E-state index in [4.69, 9.17) is 23.1 Å². The summed E-state index contributed by atoms with van der Waals surface area (Å²) in [4.78, 5) is 38.3. The van der Waals surface area contributed by atoms with E-state index < -0.39 is 23.3 Å². The molecule has 12 nitrogen and oxygen atoms in total. The lowest BCUT2D eigenvalue weighted by molar-refractivity contribution is -0.142. The second-order valence-electron chi connectivity index (χ2n) is 8.37. The van der Waals surface area contributed by atoms with E-state index in [0.717, 1.165) is 10.7 Å². The molecule has 0 bridgehead atoms. The molecular weight excluding hydrogens is 493 g/mol. The zero-order chi connectivity index (χ0) is 25.5. The first-order valence-electron chi connectivity index (χ1n) is 10.5. The van der Waals surface area contributed by atoms with Crippen molar-refractivity contribution in [3.05, 3.63) is 28.3 Å². The van der Waals surface area contributed by atoms with Crippen molar-refractivity contribution in [1.29, 1.82) is 0 Å². The predicted molar refractivity (Wildman–Crippen MR) is 119 cm³/mol. The molecule has 2 aliphatic heterocycles. The number of halogens is 4. The number of anilines is 2. The molecule has 188 valence electrons. The van der Waals surface area contributed by atoms with Crippen LogP contribution in [0.2, 0.25) is 5.15 Å². The Morgan fingerprint density at radius 1 is 1.23 bits per heavy atom. The molecule has 2 fully saturated rings. The first kappa shape index (κ1) is 24.5. The van der Waals surface area contributed by atoms with Gasteiger partial charge < -0.3 is 27.0 Å². The minimum absolute atomic E-state index is 0.103. The van der Waals surface area contributed by atoms with E-state index >= 15 is 0 Å². The number of hydrogen-bond acceptors (Lipinski definition) is 7. The molecule has 2 amide bonds. The first-order valence-corrected chi connectivity index (χ1v) is 10.9. The number of guanidine groups is 1. The standard InChI is InChI=1S/C19H22ClF3N10O2/c1-9-6-10(19(21,22)23)31-33(9)7-11(34)32-4-2-18(3-5-32)8-26-17(30-18)29-16(35)12-14(24)28-15(25)13(20)27-12/h6H,2-5,7-8H2,1H3,(H4,24,25,28)(H2,26,29,30,35). The molecule has 16 heteroatoms. The number of amides is 2. The lowest BCUT2D eigenvalue weighted by atomic mass is 9.88. The maximum atomic E-state index is 12.9. The van der Waals surface area contributed by atoms with Crippen LogP contribution in [0.1, 0.15) is 34.7 Å². The van der Waals surface area contributed by atoms with E-state index in [1.165, 1.54) is 6.92 Å². The third-order valence-electron chi connectivity index (χ3n) is 5.93. The van der Waals surface area contributed by atoms with Gasteiger partial charge in [0.15, 0.2) is 34.1 Å². The van der Waals surface area contributed by atoms with E-state index in [0.29, 0.717) is 32.5 Å². The highest BCUT2D eigenvalue weighted by atomic mass is 35.5. The second-order valence-corrected chi connectivity index (χ2v) is 8.72. The molecule has 4 rings (SSSR count). The number of nitrogen functional groups attached to an aromatic ring is 2. The van der Waals surface area contributed by atoms with E-state index in [2.05, 4.69) is 30.7 Å². The normalized spacial score (nSPS) is 18.5. The van der Waals surface area contributed by atoms with Crippen molar-refractivity contribution in [2.75, 3.05) is 31.1 Å². The maximum absolute atomic E-state index is 12.9. The number of aliphatic imine (C=N–C) groups is 1. The number of hydrogen-bond donors (Lipinski definition) is 4. The van der Waals surface area contributed by atoms with Crippen LogP contribution in [0, 0.1) is 6.92 Å². The van der Waals surface area contributed by atoms with Crippen LogP contribution in [0.4, 0.5) is 24.8 Å². The van der Waals surface area contributed by atoms with Gasteiger partial charge in [-0.3, -0.25) is 14.3 Å². The summed E-state index contributed by atoms with van der Waals surface area (Å²) in [6.07, 6.45) is -3.52. The van der Waals surface area contributed by atoms with Gasteiger partial charge in [0.1, 0.15) is 6.54 Å². The van der Waals surface area contributed by atoms with Gasteiger partial charge in [0.25, 0.3) is 0 Å². The van der Waals surface area contributed by atoms with Crippen molar-refractivity contribution >= 4 is 41.0 Å². The molecule has 2 aliphatic rings. The molecule has 2 aromatic heterocycles. The number of nitrogens with zero attached hydrogens (tertiary/aromatic N) is 6. The molecule has 35 heavy (non-hydrogen) atoms. The number of likely N-dealkylation sites (tertiary alicyclic amines) is 1. The Hall–Kier alpha value is -3.62. The number of nitrogens with one attached hydrogen (secondary N) is 2. The molecule has 0 unspecified atom stereocenters. The van der Waals surface area contributed by atoms with Crippen LogP contribution in [-0.2, 0) is 17.5 Å². The highest BCUT2D eigenvalue weighted by molar-refractivity contribution is 6.31. The highest BCUT2D eigenvalue weighted by Crippen LogP contribution is 2.29. The lowest BCUT2D eigenvalue weighted by Gasteiger charge is -2.38. The van der Waals surface area contributed by atoms with Crippen molar-refractivity contribution in [3.8, 4) is 0 Å². The van der Waals surface area contributed by atoms with E-state index in [1.54, 1.807) is 4.90 Å². The number of carbonyl (C=O) groups excluding carboxylic acids is 2. The molecular formula is C19H22ClF3N10O2. The Balaban J connectivity index is 1.36. The molecule has 2 aromatic rings. The molecule has 0 radical (unpaired) electrons. The van der Waals surface area contributed by atoms with Crippen LogP contribution in [0.15, 0.2) is 11.1 Å². The molecule has 2 saturated heterocycles. The summed E-state index contributed by atoms with van der Waals surface area (Å²) in [6.45, 7) is 2.38. The number of aryl methyl sites for hydroxylation is 1. The molecule has 0 aromatic carbocycles. The van der Waals surface area contributed by atoms with Gasteiger partial charge in [0.05, 0.1) is 5.54 Å². The van der Waals surface area contributed by atoms with Crippen LogP contribution >= 0.6 is 11.6 Å². The third kappa shape index (κ3) is 5.08. The molecule has 1 spiro atoms. The smallest absolute Gasteiger partial charge is 0.382 e. The van der Waals surface area contributed by atoms with Crippen molar-refractivity contribution in [1.82, 2.24) is 35.3 Å². The van der Waals surface area contributed by atoms with Crippen LogP contribution in [0.25, 0.3) is 0 Å². The molecule has 0 atom stereocenters. The van der Waals surface area contributed by atoms with Gasteiger partial charge in [-0.1, -0.05) is 11.6 Å². The average molecular weight is 515 g/mol. The minimum Gasteiger partial charge on any atom is -0.382 e. The number of rotatable bonds is 3. The number of carbonyl (C=O) groups is 2. The van der Waals surface area contributed by atoms with Crippen LogP contribution in [0.5, 0.6) is 0 Å². The van der Waals surface area contributed by atoms with E-state index in [9.17, 15) is 22.8 Å². The number of aromatic nitrogens is 4. The van der Waals surface area contributed by atoms with E-state index in [-0.39, 0.29) is 46.6 Å². The topological polar surface area (TPSA) is 169 Å². The summed E-state index contributed by atoms with van der Waals surface area (Å²) in [7, 11) is 0. The fraction of sp³-hybridized carbons (Fsp3) is 0.474. The van der Waals surface area contributed by atoms with Gasteiger partial charge in [-0.25, -0.2) is 9.97 Å². The Labute approximate surface area is 201 Å². The Morgan fingerprint density at radius 3 is 2.54 bits per heavy atom. The SMILES string of the molecule is Cc1cc(C(F)(F)F)nn1CC(=O)N1CCC2(CC1)CN/C(=N\C(=O)c1nc(Cl)c(N)nc1N)N2. The second kappa shape index (κ2) is 8.87. The molecule has 6 N–H and O–H groups in total. The van der Waals surface area contributed by atoms with Gasteiger partial charge in [-0.2, -0.15) is 23.3 Å². The van der Waals surface area contributed by atoms with Crippen LogP contribution in [0.3, 0.4) is 0 Å². The fourth-order valence-electron chi connectivity index (χ4n) is 3.94. The Morgan fingerprint density at radius 2 is 1.91 bits per heavy atom. The van der Waals surface area contributed by atoms with Gasteiger partial charge in [0, 0.05) is 25.3 Å². The predicted octanol–water partition coefficient (Wildman–Crippen LogP) is 0.569. The summed E-state index contributed by atoms with van der Waals surface area (Å²) in [5.41, 5.74) is 9.74. The molecule has 0 saturated carbocycles. The zero-order valence-electron chi connectivity index (χ0n) is 18.5. The van der Waals surface area contributed by atoms with Gasteiger partial charge in [-0.05, 0) is 25.8 Å². The summed E-state index contributed by atoms with van der Waals surface area (Å²) in [6, 6.07) is 0.909. The fourth-order valence-corrected chi connectivity index (χ4v) is 4.06. The minimum atomic E-state index is -4.57. The van der Waals surface area contributed by atoms with Gasteiger partial charge >= 0.3 is 12.1 Å². The van der Waals surface area contributed by atoms with Crippen molar-refractivity contribution in [2.24, 2.45) is 4.99 Å². The van der Waals surface area contributed by atoms with Gasteiger partial charge in [-0.15, -0.1) is 0 Å². The highest BCUT2D eigenvalue weighted by Gasteiger charge is 2.41. The van der Waals surface area contributed by atoms with Crippen LogP contribution < -0.4 is 22.1 Å².